The molecule has 1 aromatic heterocycles. The molecule has 0 atom stereocenters. The zero-order chi connectivity index (χ0) is 23.5. The molecule has 0 bridgehead atoms. The summed E-state index contributed by atoms with van der Waals surface area (Å²) in [6.07, 6.45) is 0. The number of thiazole rings is 1. The van der Waals surface area contributed by atoms with Gasteiger partial charge in [0.05, 0.1) is 24.8 Å². The van der Waals surface area contributed by atoms with E-state index in [0.29, 0.717) is 15.4 Å². The number of aryl methyl sites for hydroxylation is 1. The number of nitrogens with zero attached hydrogens (tertiary/aromatic N) is 2. The third-order valence-electron chi connectivity index (χ3n) is 5.36. The third kappa shape index (κ3) is 4.72. The van der Waals surface area contributed by atoms with Crippen molar-refractivity contribution < 1.29 is 14.3 Å². The Morgan fingerprint density at radius 3 is 2.03 bits per heavy atom. The standard InChI is InChI=1S/C26H23ClN2O3S/c1-16-5-6-19(15-22(16)27)25(30)28-26-29(2)23(17-7-11-20(31-3)12-8-17)24(33-26)18-9-13-21(32-4)14-10-18/h5-15H,1-4H3. The molecule has 5 nitrogen and oxygen atoms in total. The van der Waals surface area contributed by atoms with Gasteiger partial charge in [0, 0.05) is 17.6 Å². The average Bonchev–Trinajstić information content (AvgIpc) is 3.16. The van der Waals surface area contributed by atoms with E-state index in [1.807, 2.05) is 73.1 Å². The van der Waals surface area contributed by atoms with Crippen LogP contribution in [-0.4, -0.2) is 24.7 Å². The maximum atomic E-state index is 12.9. The first kappa shape index (κ1) is 22.8. The molecule has 0 N–H and O–H groups in total. The van der Waals surface area contributed by atoms with Gasteiger partial charge in [-0.1, -0.05) is 29.0 Å². The molecular formula is C26H23ClN2O3S. The molecule has 4 aromatic rings. The molecule has 0 fully saturated rings. The number of ether oxygens (including phenoxy) is 2. The topological polar surface area (TPSA) is 52.8 Å². The number of rotatable bonds is 5. The second-order valence-corrected chi connectivity index (χ2v) is 8.84. The lowest BCUT2D eigenvalue weighted by molar-refractivity contribution is 0.0998. The smallest absolute Gasteiger partial charge is 0.279 e. The summed E-state index contributed by atoms with van der Waals surface area (Å²) in [5, 5.41) is 0.546. The predicted molar refractivity (Wildman–Crippen MR) is 133 cm³/mol. The number of amides is 1. The highest BCUT2D eigenvalue weighted by molar-refractivity contribution is 7.13. The zero-order valence-electron chi connectivity index (χ0n) is 18.8. The van der Waals surface area contributed by atoms with Crippen LogP contribution in [0.1, 0.15) is 15.9 Å². The van der Waals surface area contributed by atoms with Crippen molar-refractivity contribution >= 4 is 28.8 Å². The minimum Gasteiger partial charge on any atom is -0.497 e. The van der Waals surface area contributed by atoms with Gasteiger partial charge in [-0.2, -0.15) is 4.99 Å². The monoisotopic (exact) mass is 478 g/mol. The number of carbonyl (C=O) groups excluding carboxylic acids is 1. The fourth-order valence-electron chi connectivity index (χ4n) is 3.44. The lowest BCUT2D eigenvalue weighted by Gasteiger charge is -2.09. The molecule has 168 valence electrons. The number of aromatic nitrogens is 1. The molecule has 0 saturated carbocycles. The van der Waals surface area contributed by atoms with Crippen LogP contribution in [0.4, 0.5) is 0 Å². The highest BCUT2D eigenvalue weighted by atomic mass is 35.5. The largest absolute Gasteiger partial charge is 0.497 e. The van der Waals surface area contributed by atoms with Crippen LogP contribution in [0.25, 0.3) is 21.7 Å². The van der Waals surface area contributed by atoms with E-state index in [2.05, 4.69) is 4.99 Å². The molecule has 7 heteroatoms. The van der Waals surface area contributed by atoms with E-state index in [1.54, 1.807) is 26.4 Å². The molecule has 0 spiro atoms. The van der Waals surface area contributed by atoms with Crippen molar-refractivity contribution in [1.82, 2.24) is 4.57 Å². The molecule has 0 aliphatic rings. The van der Waals surface area contributed by atoms with Crippen molar-refractivity contribution in [3.63, 3.8) is 0 Å². The lowest BCUT2D eigenvalue weighted by atomic mass is 10.1. The Hall–Kier alpha value is -3.35. The van der Waals surface area contributed by atoms with Gasteiger partial charge in [-0.05, 0) is 84.3 Å². The van der Waals surface area contributed by atoms with Crippen molar-refractivity contribution in [3.8, 4) is 33.2 Å². The second kappa shape index (κ2) is 9.65. The highest BCUT2D eigenvalue weighted by Crippen LogP contribution is 2.35. The Labute approximate surface area is 201 Å². The van der Waals surface area contributed by atoms with Crippen LogP contribution < -0.4 is 14.3 Å². The van der Waals surface area contributed by atoms with Crippen LogP contribution >= 0.6 is 22.9 Å². The van der Waals surface area contributed by atoms with Gasteiger partial charge in [-0.3, -0.25) is 4.79 Å². The Morgan fingerprint density at radius 2 is 1.48 bits per heavy atom. The Bertz CT molecular complexity index is 1370. The number of hydrogen-bond acceptors (Lipinski definition) is 4. The molecule has 1 heterocycles. The van der Waals surface area contributed by atoms with Crippen LogP contribution in [0.15, 0.2) is 71.7 Å². The first-order valence-corrected chi connectivity index (χ1v) is 11.4. The predicted octanol–water partition coefficient (Wildman–Crippen LogP) is 6.14. The SMILES string of the molecule is COc1ccc(-c2sc(=NC(=O)c3ccc(C)c(Cl)c3)n(C)c2-c2ccc(OC)cc2)cc1. The van der Waals surface area contributed by atoms with Gasteiger partial charge in [0.15, 0.2) is 4.80 Å². The van der Waals surface area contributed by atoms with Crippen LogP contribution in [0.3, 0.4) is 0 Å². The molecule has 4 rings (SSSR count). The fourth-order valence-corrected chi connectivity index (χ4v) is 4.77. The summed E-state index contributed by atoms with van der Waals surface area (Å²) in [5.41, 5.74) is 4.33. The third-order valence-corrected chi connectivity index (χ3v) is 6.95. The molecule has 3 aromatic carbocycles. The summed E-state index contributed by atoms with van der Waals surface area (Å²) in [4.78, 5) is 18.9. The van der Waals surface area contributed by atoms with Gasteiger partial charge in [-0.25, -0.2) is 0 Å². The van der Waals surface area contributed by atoms with Gasteiger partial charge in [0.1, 0.15) is 11.5 Å². The molecule has 0 saturated heterocycles. The summed E-state index contributed by atoms with van der Waals surface area (Å²) >= 11 is 7.67. The molecule has 0 aliphatic heterocycles. The van der Waals surface area contributed by atoms with Crippen LogP contribution in [0, 0.1) is 6.92 Å². The summed E-state index contributed by atoms with van der Waals surface area (Å²) < 4.78 is 12.6. The number of halogens is 1. The molecule has 0 unspecified atom stereocenters. The summed E-state index contributed by atoms with van der Waals surface area (Å²) in [6.45, 7) is 1.90. The molecular weight excluding hydrogens is 456 g/mol. The van der Waals surface area contributed by atoms with Gasteiger partial charge in [0.25, 0.3) is 5.91 Å². The van der Waals surface area contributed by atoms with E-state index in [-0.39, 0.29) is 5.91 Å². The van der Waals surface area contributed by atoms with Crippen molar-refractivity contribution in [3.05, 3.63) is 87.7 Å². The number of carbonyl (C=O) groups is 1. The summed E-state index contributed by atoms with van der Waals surface area (Å²) in [7, 11) is 5.20. The van der Waals surface area contributed by atoms with E-state index in [4.69, 9.17) is 21.1 Å². The first-order valence-electron chi connectivity index (χ1n) is 10.2. The fraction of sp³-hybridized carbons (Fsp3) is 0.154. The molecule has 0 radical (unpaired) electrons. The summed E-state index contributed by atoms with van der Waals surface area (Å²) in [6, 6.07) is 20.9. The van der Waals surface area contributed by atoms with Crippen molar-refractivity contribution in [1.29, 1.82) is 0 Å². The number of methoxy groups -OCH3 is 2. The summed E-state index contributed by atoms with van der Waals surface area (Å²) in [5.74, 6) is 1.22. The quantitative estimate of drug-likeness (QED) is 0.346. The van der Waals surface area contributed by atoms with E-state index in [1.165, 1.54) is 11.3 Å². The van der Waals surface area contributed by atoms with Crippen molar-refractivity contribution in [2.24, 2.45) is 12.0 Å². The lowest BCUT2D eigenvalue weighted by Crippen LogP contribution is -2.14. The normalized spacial score (nSPS) is 11.5. The highest BCUT2D eigenvalue weighted by Gasteiger charge is 2.17. The van der Waals surface area contributed by atoms with Crippen LogP contribution in [-0.2, 0) is 7.05 Å². The van der Waals surface area contributed by atoms with Gasteiger partial charge in [0.2, 0.25) is 0 Å². The van der Waals surface area contributed by atoms with Gasteiger partial charge in [-0.15, -0.1) is 0 Å². The van der Waals surface area contributed by atoms with Gasteiger partial charge < -0.3 is 14.0 Å². The average molecular weight is 479 g/mol. The maximum absolute atomic E-state index is 12.9. The molecule has 1 amide bonds. The van der Waals surface area contributed by atoms with Gasteiger partial charge >= 0.3 is 0 Å². The minimum atomic E-state index is -0.337. The Balaban J connectivity index is 1.87. The van der Waals surface area contributed by atoms with E-state index < -0.39 is 0 Å². The molecule has 33 heavy (non-hydrogen) atoms. The van der Waals surface area contributed by atoms with Crippen molar-refractivity contribution in [2.45, 2.75) is 6.92 Å². The van der Waals surface area contributed by atoms with E-state index in [0.717, 1.165) is 38.8 Å². The second-order valence-electron chi connectivity index (χ2n) is 7.46. The maximum Gasteiger partial charge on any atom is 0.279 e. The zero-order valence-corrected chi connectivity index (χ0v) is 20.3. The van der Waals surface area contributed by atoms with Crippen LogP contribution in [0.2, 0.25) is 5.02 Å². The number of benzene rings is 3. The first-order chi connectivity index (χ1) is 15.9. The van der Waals surface area contributed by atoms with Crippen LogP contribution in [0.5, 0.6) is 11.5 Å². The Morgan fingerprint density at radius 1 is 0.909 bits per heavy atom. The van der Waals surface area contributed by atoms with E-state index >= 15 is 0 Å². The van der Waals surface area contributed by atoms with Crippen molar-refractivity contribution in [2.75, 3.05) is 14.2 Å². The minimum absolute atomic E-state index is 0.337. The Kier molecular flexibility index (Phi) is 6.67. The number of hydrogen-bond donors (Lipinski definition) is 0. The molecule has 0 aliphatic carbocycles. The van der Waals surface area contributed by atoms with E-state index in [9.17, 15) is 4.79 Å².